The molecule has 24 heavy (non-hydrogen) atoms. The van der Waals surface area contributed by atoms with E-state index in [0.717, 1.165) is 24.4 Å². The van der Waals surface area contributed by atoms with Crippen LogP contribution in [0.5, 0.6) is 5.75 Å². The van der Waals surface area contributed by atoms with Gasteiger partial charge in [0.05, 0.1) is 20.1 Å². The summed E-state index contributed by atoms with van der Waals surface area (Å²) in [6.45, 7) is 2.39. The van der Waals surface area contributed by atoms with Crippen molar-refractivity contribution in [2.75, 3.05) is 27.3 Å². The van der Waals surface area contributed by atoms with Gasteiger partial charge in [-0.15, -0.1) is 0 Å². The van der Waals surface area contributed by atoms with E-state index in [0.29, 0.717) is 6.54 Å². The van der Waals surface area contributed by atoms with E-state index in [9.17, 15) is 4.79 Å². The third-order valence-corrected chi connectivity index (χ3v) is 4.67. The van der Waals surface area contributed by atoms with Gasteiger partial charge in [-0.05, 0) is 23.3 Å². The first-order chi connectivity index (χ1) is 11.7. The maximum absolute atomic E-state index is 12.3. The minimum atomic E-state index is -0.147. The molecule has 3 rings (SSSR count). The summed E-state index contributed by atoms with van der Waals surface area (Å²) in [7, 11) is 3.12. The predicted molar refractivity (Wildman–Crippen MR) is 93.0 cm³/mol. The highest BCUT2D eigenvalue weighted by Gasteiger charge is 2.39. The Morgan fingerprint density at radius 1 is 1.08 bits per heavy atom. The van der Waals surface area contributed by atoms with Gasteiger partial charge in [-0.1, -0.05) is 42.5 Å². The summed E-state index contributed by atoms with van der Waals surface area (Å²) in [5.74, 6) is 0.651. The zero-order valence-corrected chi connectivity index (χ0v) is 14.1. The highest BCUT2D eigenvalue weighted by molar-refractivity contribution is 5.74. The van der Waals surface area contributed by atoms with Crippen molar-refractivity contribution in [3.63, 3.8) is 0 Å². The summed E-state index contributed by atoms with van der Waals surface area (Å²) in [6, 6.07) is 18.3. The van der Waals surface area contributed by atoms with E-state index < -0.39 is 0 Å². The normalized spacial score (nSPS) is 20.8. The third-order valence-electron chi connectivity index (χ3n) is 4.67. The Bertz CT molecular complexity index is 686. The first-order valence-corrected chi connectivity index (χ1v) is 8.19. The van der Waals surface area contributed by atoms with Crippen LogP contribution in [0.1, 0.15) is 17.0 Å². The molecular formula is C20H23NO3. The van der Waals surface area contributed by atoms with Gasteiger partial charge in [0, 0.05) is 25.6 Å². The number of carbonyl (C=O) groups is 1. The third kappa shape index (κ3) is 3.60. The van der Waals surface area contributed by atoms with Gasteiger partial charge in [0.1, 0.15) is 5.75 Å². The Morgan fingerprint density at radius 2 is 1.88 bits per heavy atom. The smallest absolute Gasteiger partial charge is 0.310 e. The van der Waals surface area contributed by atoms with Gasteiger partial charge in [0.2, 0.25) is 0 Å². The molecule has 4 heteroatoms. The molecule has 1 aliphatic heterocycles. The molecule has 2 atom stereocenters. The average molecular weight is 325 g/mol. The highest BCUT2D eigenvalue weighted by Crippen LogP contribution is 2.35. The number of likely N-dealkylation sites (tertiary alicyclic amines) is 1. The minimum Gasteiger partial charge on any atom is -0.497 e. The molecule has 126 valence electrons. The lowest BCUT2D eigenvalue weighted by Gasteiger charge is -2.17. The second-order valence-corrected chi connectivity index (χ2v) is 6.19. The van der Waals surface area contributed by atoms with Crippen molar-refractivity contribution >= 4 is 5.97 Å². The van der Waals surface area contributed by atoms with Crippen molar-refractivity contribution < 1.29 is 14.3 Å². The molecule has 1 aliphatic rings. The van der Waals surface area contributed by atoms with E-state index in [2.05, 4.69) is 23.1 Å². The molecule has 0 aromatic heterocycles. The predicted octanol–water partition coefficient (Wildman–Crippen LogP) is 3.08. The van der Waals surface area contributed by atoms with Crippen LogP contribution in [0.25, 0.3) is 0 Å². The fraction of sp³-hybridized carbons (Fsp3) is 0.350. The number of hydrogen-bond donors (Lipinski definition) is 0. The highest BCUT2D eigenvalue weighted by atomic mass is 16.5. The van der Waals surface area contributed by atoms with E-state index in [-0.39, 0.29) is 17.8 Å². The molecule has 0 bridgehead atoms. The number of carbonyl (C=O) groups excluding carboxylic acids is 1. The van der Waals surface area contributed by atoms with Crippen LogP contribution in [-0.4, -0.2) is 38.2 Å². The van der Waals surface area contributed by atoms with E-state index in [1.54, 1.807) is 7.11 Å². The molecule has 2 aromatic rings. The van der Waals surface area contributed by atoms with E-state index >= 15 is 0 Å². The zero-order chi connectivity index (χ0) is 16.9. The molecule has 0 N–H and O–H groups in total. The Balaban J connectivity index is 1.81. The fourth-order valence-electron chi connectivity index (χ4n) is 3.46. The van der Waals surface area contributed by atoms with Crippen LogP contribution in [0, 0.1) is 5.92 Å². The van der Waals surface area contributed by atoms with Crippen LogP contribution in [0.4, 0.5) is 0 Å². The van der Waals surface area contributed by atoms with E-state index in [1.165, 1.54) is 12.7 Å². The monoisotopic (exact) mass is 325 g/mol. The van der Waals surface area contributed by atoms with Crippen molar-refractivity contribution in [3.05, 3.63) is 65.7 Å². The molecule has 0 aliphatic carbocycles. The van der Waals surface area contributed by atoms with Crippen molar-refractivity contribution in [2.24, 2.45) is 5.92 Å². The zero-order valence-electron chi connectivity index (χ0n) is 14.1. The second kappa shape index (κ2) is 7.49. The number of ether oxygens (including phenoxy) is 2. The lowest BCUT2D eigenvalue weighted by atomic mass is 9.89. The molecule has 0 unspecified atom stereocenters. The van der Waals surface area contributed by atoms with Crippen LogP contribution < -0.4 is 4.74 Å². The Labute approximate surface area is 143 Å². The fourth-order valence-corrected chi connectivity index (χ4v) is 3.46. The molecule has 0 amide bonds. The van der Waals surface area contributed by atoms with Gasteiger partial charge in [-0.3, -0.25) is 9.69 Å². The SMILES string of the molecule is COC(=O)[C@H]1CN(Cc2ccccc2)C[C@@H]1c1cccc(OC)c1. The van der Waals surface area contributed by atoms with Crippen LogP contribution in [0.2, 0.25) is 0 Å². The van der Waals surface area contributed by atoms with Gasteiger partial charge in [0.15, 0.2) is 0 Å². The molecule has 0 saturated carbocycles. The van der Waals surface area contributed by atoms with E-state index in [1.807, 2.05) is 36.4 Å². The molecule has 0 radical (unpaired) electrons. The number of benzene rings is 2. The van der Waals surface area contributed by atoms with Crippen LogP contribution >= 0.6 is 0 Å². The van der Waals surface area contributed by atoms with Gasteiger partial charge in [0.25, 0.3) is 0 Å². The van der Waals surface area contributed by atoms with Crippen molar-refractivity contribution in [1.29, 1.82) is 0 Å². The quantitative estimate of drug-likeness (QED) is 0.792. The summed E-state index contributed by atoms with van der Waals surface area (Å²) in [6.07, 6.45) is 0. The average Bonchev–Trinajstić information content (AvgIpc) is 3.05. The summed E-state index contributed by atoms with van der Waals surface area (Å²) in [5, 5.41) is 0. The molecule has 1 saturated heterocycles. The lowest BCUT2D eigenvalue weighted by Crippen LogP contribution is -2.24. The van der Waals surface area contributed by atoms with Crippen LogP contribution in [0.3, 0.4) is 0 Å². The molecule has 0 spiro atoms. The number of methoxy groups -OCH3 is 2. The standard InChI is InChI=1S/C20H23NO3/c1-23-17-10-6-9-16(11-17)18-13-21(14-19(18)20(22)24-2)12-15-7-4-3-5-8-15/h3-11,18-19H,12-14H2,1-2H3/t18-,19+/m1/s1. The van der Waals surface area contributed by atoms with Crippen molar-refractivity contribution in [1.82, 2.24) is 4.90 Å². The van der Waals surface area contributed by atoms with Crippen LogP contribution in [0.15, 0.2) is 54.6 Å². The summed E-state index contributed by atoms with van der Waals surface area (Å²) in [5.41, 5.74) is 2.38. The number of nitrogens with zero attached hydrogens (tertiary/aromatic N) is 1. The van der Waals surface area contributed by atoms with Crippen LogP contribution in [-0.2, 0) is 16.1 Å². The van der Waals surface area contributed by atoms with Gasteiger partial charge >= 0.3 is 5.97 Å². The minimum absolute atomic E-state index is 0.122. The Kier molecular flexibility index (Phi) is 5.16. The van der Waals surface area contributed by atoms with E-state index in [4.69, 9.17) is 9.47 Å². The first-order valence-electron chi connectivity index (χ1n) is 8.19. The number of rotatable bonds is 5. The van der Waals surface area contributed by atoms with Gasteiger partial charge in [-0.25, -0.2) is 0 Å². The maximum atomic E-state index is 12.3. The summed E-state index contributed by atoms with van der Waals surface area (Å²) in [4.78, 5) is 14.6. The maximum Gasteiger partial charge on any atom is 0.310 e. The molecule has 4 nitrogen and oxygen atoms in total. The molecule has 2 aromatic carbocycles. The topological polar surface area (TPSA) is 38.8 Å². The lowest BCUT2D eigenvalue weighted by molar-refractivity contribution is -0.145. The van der Waals surface area contributed by atoms with Gasteiger partial charge in [-0.2, -0.15) is 0 Å². The van der Waals surface area contributed by atoms with Crippen molar-refractivity contribution in [3.8, 4) is 5.75 Å². The Morgan fingerprint density at radius 3 is 2.58 bits per heavy atom. The summed E-state index contributed by atoms with van der Waals surface area (Å²) >= 11 is 0. The molecule has 1 heterocycles. The molecular weight excluding hydrogens is 302 g/mol. The number of esters is 1. The molecule has 1 fully saturated rings. The largest absolute Gasteiger partial charge is 0.497 e. The first kappa shape index (κ1) is 16.5. The van der Waals surface area contributed by atoms with Crippen molar-refractivity contribution in [2.45, 2.75) is 12.5 Å². The number of hydrogen-bond acceptors (Lipinski definition) is 4. The van der Waals surface area contributed by atoms with Gasteiger partial charge < -0.3 is 9.47 Å². The summed E-state index contributed by atoms with van der Waals surface area (Å²) < 4.78 is 10.4. The Hall–Kier alpha value is -2.33. The second-order valence-electron chi connectivity index (χ2n) is 6.19.